The molecule has 190 valence electrons. The van der Waals surface area contributed by atoms with Crippen molar-refractivity contribution in [3.8, 4) is 5.75 Å². The summed E-state index contributed by atoms with van der Waals surface area (Å²) >= 11 is 0. The molecular weight excluding hydrogens is 450 g/mol. The van der Waals surface area contributed by atoms with Gasteiger partial charge in [-0.15, -0.1) is 0 Å². The van der Waals surface area contributed by atoms with Crippen molar-refractivity contribution in [1.29, 1.82) is 0 Å². The number of nitrogens with zero attached hydrogens (tertiary/aromatic N) is 1. The van der Waals surface area contributed by atoms with E-state index in [2.05, 4.69) is 26.0 Å². The molecule has 2 aromatic carbocycles. The first-order valence-corrected chi connectivity index (χ1v) is 13.5. The first kappa shape index (κ1) is 24.8. The second-order valence-corrected chi connectivity index (χ2v) is 10.6. The monoisotopic (exact) mass is 487 g/mol. The third-order valence-electron chi connectivity index (χ3n) is 8.37. The lowest BCUT2D eigenvalue weighted by Gasteiger charge is -2.32. The van der Waals surface area contributed by atoms with Gasteiger partial charge >= 0.3 is 0 Å². The van der Waals surface area contributed by atoms with Gasteiger partial charge in [-0.05, 0) is 54.7 Å². The number of rotatable bonds is 8. The van der Waals surface area contributed by atoms with Gasteiger partial charge in [0, 0.05) is 18.4 Å². The van der Waals surface area contributed by atoms with Crippen LogP contribution in [0.3, 0.4) is 0 Å². The average molecular weight is 488 g/mol. The second-order valence-electron chi connectivity index (χ2n) is 10.6. The highest BCUT2D eigenvalue weighted by Gasteiger charge is 2.55. The van der Waals surface area contributed by atoms with E-state index < -0.39 is 0 Å². The summed E-state index contributed by atoms with van der Waals surface area (Å²) in [6.07, 6.45) is 8.88. The maximum atomic E-state index is 12.9. The van der Waals surface area contributed by atoms with Crippen molar-refractivity contribution in [2.75, 3.05) is 13.7 Å². The van der Waals surface area contributed by atoms with Crippen LogP contribution in [0.4, 0.5) is 0 Å². The maximum Gasteiger partial charge on any atom is 0.233 e. The standard InChI is InChI=1S/C31H37NO4/c1-4-8-19(16-20-13-14-26(33)23-11-7-6-10-22(20)23)12-15-27-28-21(9-5-2)17-24-29(25(28)18-36-27)31(35)32(3)30(24)34/h6-7,10-11,13-14,16,24-25,27,29,33H,4-5,8-9,12,15,17-18H2,1-3H3/b19-16+/t24-,25+,27-,29-/m1/s1. The van der Waals surface area contributed by atoms with Crippen LogP contribution in [-0.2, 0) is 14.3 Å². The molecule has 1 N–H and O–H groups in total. The maximum absolute atomic E-state index is 12.9. The van der Waals surface area contributed by atoms with Crippen molar-refractivity contribution in [3.05, 3.63) is 58.7 Å². The number of amides is 2. The number of aromatic hydroxyl groups is 1. The largest absolute Gasteiger partial charge is 0.507 e. The highest BCUT2D eigenvalue weighted by atomic mass is 16.5. The number of imide groups is 1. The van der Waals surface area contributed by atoms with Crippen LogP contribution in [0.15, 0.2) is 53.1 Å². The van der Waals surface area contributed by atoms with Crippen LogP contribution in [0.5, 0.6) is 5.75 Å². The number of carbonyl (C=O) groups excluding carboxylic acids is 2. The Hall–Kier alpha value is -2.92. The number of benzene rings is 2. The predicted octanol–water partition coefficient (Wildman–Crippen LogP) is 6.26. The zero-order valence-electron chi connectivity index (χ0n) is 21.6. The number of carbonyl (C=O) groups is 2. The van der Waals surface area contributed by atoms with Crippen molar-refractivity contribution in [2.45, 2.75) is 64.9 Å². The molecule has 0 saturated carbocycles. The molecule has 5 rings (SSSR count). The topological polar surface area (TPSA) is 66.8 Å². The minimum atomic E-state index is -0.253. The summed E-state index contributed by atoms with van der Waals surface area (Å²) in [6.45, 7) is 4.92. The van der Waals surface area contributed by atoms with Gasteiger partial charge in [0.2, 0.25) is 11.8 Å². The Morgan fingerprint density at radius 3 is 2.56 bits per heavy atom. The molecule has 2 aliphatic heterocycles. The lowest BCUT2D eigenvalue weighted by atomic mass is 9.68. The van der Waals surface area contributed by atoms with Crippen molar-refractivity contribution < 1.29 is 19.4 Å². The molecule has 0 bridgehead atoms. The number of hydrogen-bond donors (Lipinski definition) is 1. The Bertz CT molecular complexity index is 1240. The van der Waals surface area contributed by atoms with Crippen LogP contribution >= 0.6 is 0 Å². The van der Waals surface area contributed by atoms with Gasteiger partial charge in [0.1, 0.15) is 5.75 Å². The van der Waals surface area contributed by atoms with E-state index in [1.165, 1.54) is 21.6 Å². The third-order valence-corrected chi connectivity index (χ3v) is 8.37. The summed E-state index contributed by atoms with van der Waals surface area (Å²) in [7, 11) is 1.63. The molecule has 1 aliphatic carbocycles. The Morgan fingerprint density at radius 1 is 1.03 bits per heavy atom. The summed E-state index contributed by atoms with van der Waals surface area (Å²) in [4.78, 5) is 27.1. The molecule has 2 heterocycles. The number of ether oxygens (including phenoxy) is 1. The van der Waals surface area contributed by atoms with Crippen molar-refractivity contribution in [2.24, 2.45) is 17.8 Å². The fourth-order valence-electron chi connectivity index (χ4n) is 6.73. The zero-order chi connectivity index (χ0) is 25.4. The quantitative estimate of drug-likeness (QED) is 0.353. The van der Waals surface area contributed by atoms with Crippen LogP contribution < -0.4 is 0 Å². The number of phenolic OH excluding ortho intramolecular Hbond substituents is 1. The third kappa shape index (κ3) is 4.28. The smallest absolute Gasteiger partial charge is 0.233 e. The predicted molar refractivity (Wildman–Crippen MR) is 142 cm³/mol. The molecule has 0 spiro atoms. The van der Waals surface area contributed by atoms with E-state index in [1.807, 2.05) is 24.3 Å². The molecule has 2 saturated heterocycles. The minimum absolute atomic E-state index is 0.0168. The Morgan fingerprint density at radius 2 is 1.81 bits per heavy atom. The molecule has 2 aromatic rings. The van der Waals surface area contributed by atoms with Gasteiger partial charge in [-0.3, -0.25) is 14.5 Å². The van der Waals surface area contributed by atoms with Gasteiger partial charge in [-0.2, -0.15) is 0 Å². The normalized spacial score (nSPS) is 26.2. The SMILES string of the molecule is CCCC1=C2[C@@H](CC/C(=C/c3ccc(O)c4ccccc34)CCC)OC[C@@H]2[C@@H]2C(=O)N(C)C(=O)[C@@H]2C1. The van der Waals surface area contributed by atoms with Gasteiger partial charge in [0.25, 0.3) is 0 Å². The van der Waals surface area contributed by atoms with E-state index in [9.17, 15) is 14.7 Å². The molecule has 2 fully saturated rings. The second kappa shape index (κ2) is 10.2. The first-order chi connectivity index (χ1) is 17.4. The van der Waals surface area contributed by atoms with Crippen LogP contribution in [0.1, 0.15) is 64.4 Å². The number of hydrogen-bond acceptors (Lipinski definition) is 4. The number of phenols is 1. The molecule has 36 heavy (non-hydrogen) atoms. The van der Waals surface area contributed by atoms with E-state index in [0.29, 0.717) is 18.8 Å². The van der Waals surface area contributed by atoms with Gasteiger partial charge in [0.15, 0.2) is 0 Å². The number of fused-ring (bicyclic) bond motifs is 4. The molecule has 0 radical (unpaired) electrons. The minimum Gasteiger partial charge on any atom is -0.507 e. The summed E-state index contributed by atoms with van der Waals surface area (Å²) in [5, 5.41) is 12.2. The Kier molecular flexibility index (Phi) is 7.03. The van der Waals surface area contributed by atoms with E-state index >= 15 is 0 Å². The fraction of sp³-hybridized carbons (Fsp3) is 0.484. The molecular formula is C31H37NO4. The van der Waals surface area contributed by atoms with E-state index in [4.69, 9.17) is 4.74 Å². The number of allylic oxidation sites excluding steroid dienone is 2. The molecule has 3 aliphatic rings. The van der Waals surface area contributed by atoms with Gasteiger partial charge in [-0.25, -0.2) is 0 Å². The van der Waals surface area contributed by atoms with Gasteiger partial charge in [-0.1, -0.05) is 74.2 Å². The summed E-state index contributed by atoms with van der Waals surface area (Å²) in [5.74, 6) is -0.165. The molecule has 4 atom stereocenters. The molecule has 2 amide bonds. The summed E-state index contributed by atoms with van der Waals surface area (Å²) < 4.78 is 6.37. The first-order valence-electron chi connectivity index (χ1n) is 13.5. The van der Waals surface area contributed by atoms with Crippen molar-refractivity contribution >= 4 is 28.7 Å². The Balaban J connectivity index is 1.41. The number of likely N-dealkylation sites (tertiary alicyclic amines) is 1. The molecule has 0 aromatic heterocycles. The highest BCUT2D eigenvalue weighted by Crippen LogP contribution is 2.50. The van der Waals surface area contributed by atoms with Crippen LogP contribution in [-0.4, -0.2) is 41.6 Å². The van der Waals surface area contributed by atoms with E-state index in [1.54, 1.807) is 13.1 Å². The van der Waals surface area contributed by atoms with Gasteiger partial charge in [0.05, 0.1) is 24.5 Å². The lowest BCUT2D eigenvalue weighted by molar-refractivity contribution is -0.138. The van der Waals surface area contributed by atoms with Crippen molar-refractivity contribution in [1.82, 2.24) is 4.90 Å². The zero-order valence-corrected chi connectivity index (χ0v) is 21.6. The van der Waals surface area contributed by atoms with Gasteiger partial charge < -0.3 is 9.84 Å². The molecule has 0 unspecified atom stereocenters. The molecule has 5 heteroatoms. The highest BCUT2D eigenvalue weighted by molar-refractivity contribution is 6.05. The summed E-state index contributed by atoms with van der Waals surface area (Å²) in [5.41, 5.74) is 5.17. The van der Waals surface area contributed by atoms with Crippen LogP contribution in [0, 0.1) is 17.8 Å². The Labute approximate surface area is 213 Å². The fourth-order valence-corrected chi connectivity index (χ4v) is 6.73. The summed E-state index contributed by atoms with van der Waals surface area (Å²) in [6, 6.07) is 11.8. The van der Waals surface area contributed by atoms with Crippen LogP contribution in [0.25, 0.3) is 16.8 Å². The van der Waals surface area contributed by atoms with Crippen LogP contribution in [0.2, 0.25) is 0 Å². The van der Waals surface area contributed by atoms with Crippen molar-refractivity contribution in [3.63, 3.8) is 0 Å². The molecule has 5 nitrogen and oxygen atoms in total. The van der Waals surface area contributed by atoms with E-state index in [0.717, 1.165) is 54.9 Å². The average Bonchev–Trinajstić information content (AvgIpc) is 3.40. The van der Waals surface area contributed by atoms with E-state index in [-0.39, 0.29) is 35.7 Å². The lowest BCUT2D eigenvalue weighted by Crippen LogP contribution is -2.34.